The molecular weight excluding hydrogens is 222 g/mol. The van der Waals surface area contributed by atoms with Gasteiger partial charge in [0.1, 0.15) is 11.9 Å². The number of hydrogen-bond acceptors (Lipinski definition) is 5. The summed E-state index contributed by atoms with van der Waals surface area (Å²) in [6.07, 6.45) is 4.32. The fraction of sp³-hybridized carbons (Fsp3) is 0.545. The maximum Gasteiger partial charge on any atom is 0.386 e. The normalized spacial score (nSPS) is 24.3. The van der Waals surface area contributed by atoms with Crippen LogP contribution >= 0.6 is 0 Å². The van der Waals surface area contributed by atoms with Gasteiger partial charge in [0, 0.05) is 6.04 Å². The highest BCUT2D eigenvalue weighted by Crippen LogP contribution is 2.26. The zero-order chi connectivity index (χ0) is 12.3. The number of aliphatic hydroxyl groups is 1. The Hall–Kier alpha value is -1.69. The lowest BCUT2D eigenvalue weighted by Crippen LogP contribution is -2.28. The van der Waals surface area contributed by atoms with Crippen molar-refractivity contribution in [2.75, 3.05) is 5.32 Å². The molecule has 2 N–H and O–H groups in total. The highest BCUT2D eigenvalue weighted by atomic mass is 16.6. The molecule has 0 saturated heterocycles. The number of nitrogens with one attached hydrogen (secondary N) is 1. The topological polar surface area (TPSA) is 88.3 Å². The molecular formula is C11H15N3O3. The fourth-order valence-electron chi connectivity index (χ4n) is 2.10. The van der Waals surface area contributed by atoms with E-state index in [9.17, 15) is 15.2 Å². The molecule has 0 atom stereocenters. The molecule has 1 aliphatic carbocycles. The number of hydrogen-bond donors (Lipinski definition) is 2. The minimum Gasteiger partial charge on any atom is -0.393 e. The molecule has 1 aromatic heterocycles. The molecule has 1 aromatic rings. The second-order valence-electron chi connectivity index (χ2n) is 4.28. The van der Waals surface area contributed by atoms with Crippen molar-refractivity contribution in [1.29, 1.82) is 0 Å². The lowest BCUT2D eigenvalue weighted by Gasteiger charge is -2.26. The van der Waals surface area contributed by atoms with Crippen LogP contribution in [0.2, 0.25) is 0 Å². The van der Waals surface area contributed by atoms with Crippen molar-refractivity contribution in [2.24, 2.45) is 0 Å². The van der Waals surface area contributed by atoms with Crippen LogP contribution in [-0.4, -0.2) is 27.2 Å². The van der Waals surface area contributed by atoms with Gasteiger partial charge >= 0.3 is 5.82 Å². The Balaban J connectivity index is 2.05. The van der Waals surface area contributed by atoms with E-state index in [1.165, 1.54) is 6.20 Å². The van der Waals surface area contributed by atoms with Gasteiger partial charge < -0.3 is 20.5 Å². The average molecular weight is 237 g/mol. The summed E-state index contributed by atoms with van der Waals surface area (Å²) in [6.45, 7) is 0. The molecule has 6 nitrogen and oxygen atoms in total. The Morgan fingerprint density at radius 3 is 2.76 bits per heavy atom. The number of nitro groups is 1. The van der Waals surface area contributed by atoms with Gasteiger partial charge in [0.05, 0.1) is 6.10 Å². The first-order valence-corrected chi connectivity index (χ1v) is 5.71. The van der Waals surface area contributed by atoms with Crippen LogP contribution in [0.1, 0.15) is 25.7 Å². The van der Waals surface area contributed by atoms with Gasteiger partial charge in [-0.25, -0.2) is 0 Å². The molecule has 0 radical (unpaired) electrons. The fourth-order valence-corrected chi connectivity index (χ4v) is 2.10. The molecule has 1 aliphatic rings. The summed E-state index contributed by atoms with van der Waals surface area (Å²) in [6, 6.07) is 3.52. The Morgan fingerprint density at radius 2 is 2.12 bits per heavy atom. The smallest absolute Gasteiger partial charge is 0.386 e. The van der Waals surface area contributed by atoms with Crippen LogP contribution in [0.15, 0.2) is 18.3 Å². The van der Waals surface area contributed by atoms with E-state index in [-0.39, 0.29) is 18.0 Å². The van der Waals surface area contributed by atoms with Gasteiger partial charge in [-0.05, 0) is 47.7 Å². The predicted octanol–water partition coefficient (Wildman–Crippen LogP) is 1.71. The molecule has 17 heavy (non-hydrogen) atoms. The molecule has 92 valence electrons. The van der Waals surface area contributed by atoms with Crippen molar-refractivity contribution in [1.82, 2.24) is 4.98 Å². The summed E-state index contributed by atoms with van der Waals surface area (Å²) in [5.74, 6) is -0.140. The van der Waals surface area contributed by atoms with Crippen LogP contribution in [0, 0.1) is 10.1 Å². The van der Waals surface area contributed by atoms with E-state index in [1.54, 1.807) is 12.1 Å². The van der Waals surface area contributed by atoms with Gasteiger partial charge in [0.15, 0.2) is 0 Å². The quantitative estimate of drug-likeness (QED) is 0.617. The van der Waals surface area contributed by atoms with Crippen molar-refractivity contribution in [3.63, 3.8) is 0 Å². The van der Waals surface area contributed by atoms with E-state index in [1.807, 2.05) is 0 Å². The predicted molar refractivity (Wildman–Crippen MR) is 62.8 cm³/mol. The molecule has 1 saturated carbocycles. The van der Waals surface area contributed by atoms with Crippen molar-refractivity contribution in [3.05, 3.63) is 28.4 Å². The second-order valence-corrected chi connectivity index (χ2v) is 4.28. The number of nitrogens with zero attached hydrogens (tertiary/aromatic N) is 2. The van der Waals surface area contributed by atoms with Crippen molar-refractivity contribution in [3.8, 4) is 0 Å². The standard InChI is InChI=1S/C11H15N3O3/c15-9-5-3-8(4-6-9)13-10-2-1-7-12-11(10)14(16)17/h1-2,7-9,13,15H,3-6H2. The number of rotatable bonds is 3. The summed E-state index contributed by atoms with van der Waals surface area (Å²) < 4.78 is 0. The minimum absolute atomic E-state index is 0.140. The number of pyridine rings is 1. The molecule has 0 amide bonds. The number of aromatic nitrogens is 1. The zero-order valence-corrected chi connectivity index (χ0v) is 9.37. The summed E-state index contributed by atoms with van der Waals surface area (Å²) in [5.41, 5.74) is 0.457. The Morgan fingerprint density at radius 1 is 1.41 bits per heavy atom. The van der Waals surface area contributed by atoms with E-state index in [0.717, 1.165) is 25.7 Å². The maximum absolute atomic E-state index is 10.8. The van der Waals surface area contributed by atoms with Gasteiger partial charge in [-0.1, -0.05) is 0 Å². The number of aliphatic hydroxyl groups excluding tert-OH is 1. The van der Waals surface area contributed by atoms with Crippen molar-refractivity contribution >= 4 is 11.5 Å². The molecule has 2 rings (SSSR count). The molecule has 0 aromatic carbocycles. The Kier molecular flexibility index (Phi) is 3.53. The lowest BCUT2D eigenvalue weighted by atomic mass is 9.93. The van der Waals surface area contributed by atoms with Crippen molar-refractivity contribution in [2.45, 2.75) is 37.8 Å². The van der Waals surface area contributed by atoms with Crippen LogP contribution in [0.3, 0.4) is 0 Å². The lowest BCUT2D eigenvalue weighted by molar-refractivity contribution is -0.388. The van der Waals surface area contributed by atoms with Crippen LogP contribution in [0.25, 0.3) is 0 Å². The van der Waals surface area contributed by atoms with Gasteiger partial charge in [-0.3, -0.25) is 0 Å². The highest BCUT2D eigenvalue weighted by molar-refractivity contribution is 5.57. The zero-order valence-electron chi connectivity index (χ0n) is 9.37. The minimum atomic E-state index is -0.486. The second kappa shape index (κ2) is 5.09. The van der Waals surface area contributed by atoms with Crippen LogP contribution in [0.5, 0.6) is 0 Å². The van der Waals surface area contributed by atoms with E-state index in [4.69, 9.17) is 0 Å². The largest absolute Gasteiger partial charge is 0.393 e. The van der Waals surface area contributed by atoms with E-state index in [2.05, 4.69) is 10.3 Å². The van der Waals surface area contributed by atoms with Crippen LogP contribution < -0.4 is 5.32 Å². The summed E-state index contributed by atoms with van der Waals surface area (Å²) in [4.78, 5) is 14.0. The summed E-state index contributed by atoms with van der Waals surface area (Å²) in [7, 11) is 0. The van der Waals surface area contributed by atoms with Gasteiger partial charge in [-0.15, -0.1) is 0 Å². The first kappa shape index (κ1) is 11.8. The first-order valence-electron chi connectivity index (χ1n) is 5.71. The van der Waals surface area contributed by atoms with E-state index < -0.39 is 4.92 Å². The molecule has 0 bridgehead atoms. The van der Waals surface area contributed by atoms with Crippen LogP contribution in [-0.2, 0) is 0 Å². The summed E-state index contributed by atoms with van der Waals surface area (Å²) >= 11 is 0. The summed E-state index contributed by atoms with van der Waals surface area (Å²) in [5, 5.41) is 23.3. The van der Waals surface area contributed by atoms with Gasteiger partial charge in [0.25, 0.3) is 0 Å². The molecule has 1 heterocycles. The highest BCUT2D eigenvalue weighted by Gasteiger charge is 2.22. The number of anilines is 1. The molecule has 0 aliphatic heterocycles. The molecule has 0 unspecified atom stereocenters. The SMILES string of the molecule is O=[N+]([O-])c1ncccc1NC1CCC(O)CC1. The third kappa shape index (κ3) is 2.91. The molecule has 6 heteroatoms. The van der Waals surface area contributed by atoms with Crippen molar-refractivity contribution < 1.29 is 10.0 Å². The molecule has 0 spiro atoms. The van der Waals surface area contributed by atoms with Gasteiger partial charge in [-0.2, -0.15) is 0 Å². The first-order chi connectivity index (χ1) is 8.16. The average Bonchev–Trinajstić information content (AvgIpc) is 2.32. The van der Waals surface area contributed by atoms with E-state index >= 15 is 0 Å². The monoisotopic (exact) mass is 237 g/mol. The third-order valence-electron chi connectivity index (χ3n) is 3.02. The van der Waals surface area contributed by atoms with Gasteiger partial charge in [0.2, 0.25) is 0 Å². The third-order valence-corrected chi connectivity index (χ3v) is 3.02. The Labute approximate surface area is 98.8 Å². The van der Waals surface area contributed by atoms with E-state index in [0.29, 0.717) is 5.69 Å². The molecule has 1 fully saturated rings. The Bertz CT molecular complexity index is 403. The maximum atomic E-state index is 10.8. The van der Waals surface area contributed by atoms with Crippen LogP contribution in [0.4, 0.5) is 11.5 Å².